The Bertz CT molecular complexity index is 253. The van der Waals surface area contributed by atoms with E-state index < -0.39 is 0 Å². The number of carbonyl (C=O) groups is 1. The summed E-state index contributed by atoms with van der Waals surface area (Å²) >= 11 is 0. The summed E-state index contributed by atoms with van der Waals surface area (Å²) < 4.78 is 0. The van der Waals surface area contributed by atoms with Gasteiger partial charge < -0.3 is 10.6 Å². The molecule has 2 fully saturated rings. The number of nitrogens with one attached hydrogen (secondary N) is 2. The van der Waals surface area contributed by atoms with Crippen LogP contribution in [0.1, 0.15) is 58.3 Å². The van der Waals surface area contributed by atoms with Crippen molar-refractivity contribution in [2.24, 2.45) is 11.8 Å². The molecule has 1 heterocycles. The van der Waals surface area contributed by atoms with E-state index in [0.717, 1.165) is 31.8 Å². The van der Waals surface area contributed by atoms with E-state index in [-0.39, 0.29) is 5.91 Å². The van der Waals surface area contributed by atoms with E-state index >= 15 is 0 Å². The molecular weight excluding hydrogens is 224 g/mol. The number of amides is 1. The first-order chi connectivity index (χ1) is 8.78. The summed E-state index contributed by atoms with van der Waals surface area (Å²) in [4.78, 5) is 11.9. The molecule has 0 aromatic heterocycles. The second-order valence-corrected chi connectivity index (χ2v) is 6.14. The maximum Gasteiger partial charge on any atom is 0.220 e. The molecule has 1 aliphatic carbocycles. The predicted octanol–water partition coefficient (Wildman–Crippen LogP) is 2.46. The molecule has 1 atom stereocenters. The van der Waals surface area contributed by atoms with Gasteiger partial charge in [-0.1, -0.05) is 19.8 Å². The smallest absolute Gasteiger partial charge is 0.220 e. The van der Waals surface area contributed by atoms with Crippen LogP contribution < -0.4 is 10.6 Å². The molecule has 0 bridgehead atoms. The van der Waals surface area contributed by atoms with Crippen molar-refractivity contribution >= 4 is 5.91 Å². The Morgan fingerprint density at radius 1 is 1.17 bits per heavy atom. The minimum Gasteiger partial charge on any atom is -0.353 e. The minimum absolute atomic E-state index is 0.280. The van der Waals surface area contributed by atoms with E-state index in [1.807, 2.05) is 0 Å². The Labute approximate surface area is 111 Å². The minimum atomic E-state index is 0.280. The summed E-state index contributed by atoms with van der Waals surface area (Å²) in [5, 5.41) is 6.56. The molecule has 0 aromatic rings. The van der Waals surface area contributed by atoms with E-state index in [9.17, 15) is 4.79 Å². The van der Waals surface area contributed by atoms with Gasteiger partial charge in [-0.15, -0.1) is 0 Å². The molecular formula is C15H28N2O. The van der Waals surface area contributed by atoms with Crippen molar-refractivity contribution in [3.8, 4) is 0 Å². The zero-order valence-corrected chi connectivity index (χ0v) is 11.7. The standard InChI is InChI=1S/C15H28N2O/c1-2-3-12-4-6-14(7-5-12)17-15(18)10-13-8-9-16-11-13/h12-14,16H,2-11H2,1H3,(H,17,18). The van der Waals surface area contributed by atoms with Gasteiger partial charge in [0.15, 0.2) is 0 Å². The summed E-state index contributed by atoms with van der Waals surface area (Å²) in [6.07, 6.45) is 9.56. The van der Waals surface area contributed by atoms with Crippen LogP contribution >= 0.6 is 0 Å². The van der Waals surface area contributed by atoms with Crippen molar-refractivity contribution in [2.45, 2.75) is 64.3 Å². The maximum atomic E-state index is 11.9. The van der Waals surface area contributed by atoms with Gasteiger partial charge in [0.25, 0.3) is 0 Å². The Balaban J connectivity index is 1.63. The topological polar surface area (TPSA) is 41.1 Å². The third-order valence-corrected chi connectivity index (χ3v) is 4.55. The summed E-state index contributed by atoms with van der Waals surface area (Å²) in [5.41, 5.74) is 0. The Morgan fingerprint density at radius 2 is 1.94 bits per heavy atom. The van der Waals surface area contributed by atoms with Gasteiger partial charge in [0.05, 0.1) is 0 Å². The van der Waals surface area contributed by atoms with Crippen LogP contribution in [-0.2, 0) is 4.79 Å². The van der Waals surface area contributed by atoms with Gasteiger partial charge in [-0.25, -0.2) is 0 Å². The van der Waals surface area contributed by atoms with Crippen molar-refractivity contribution in [3.05, 3.63) is 0 Å². The largest absolute Gasteiger partial charge is 0.353 e. The number of hydrogen-bond acceptors (Lipinski definition) is 2. The second-order valence-electron chi connectivity index (χ2n) is 6.14. The van der Waals surface area contributed by atoms with Crippen LogP contribution in [0, 0.1) is 11.8 Å². The molecule has 1 aliphatic heterocycles. The number of hydrogen-bond donors (Lipinski definition) is 2. The predicted molar refractivity (Wildman–Crippen MR) is 74.4 cm³/mol. The summed E-state index contributed by atoms with van der Waals surface area (Å²) in [5.74, 6) is 1.77. The normalized spacial score (nSPS) is 32.4. The molecule has 1 saturated heterocycles. The number of carbonyl (C=O) groups excluding carboxylic acids is 1. The molecule has 2 aliphatic rings. The lowest BCUT2D eigenvalue weighted by molar-refractivity contribution is -0.122. The van der Waals surface area contributed by atoms with Crippen molar-refractivity contribution in [1.82, 2.24) is 10.6 Å². The highest BCUT2D eigenvalue weighted by atomic mass is 16.1. The molecule has 0 aromatic carbocycles. The first-order valence-electron chi connectivity index (χ1n) is 7.78. The molecule has 1 saturated carbocycles. The zero-order chi connectivity index (χ0) is 12.8. The fourth-order valence-electron chi connectivity index (χ4n) is 3.44. The van der Waals surface area contributed by atoms with Crippen LogP contribution in [0.15, 0.2) is 0 Å². The van der Waals surface area contributed by atoms with Crippen LogP contribution in [0.5, 0.6) is 0 Å². The van der Waals surface area contributed by atoms with Crippen LogP contribution in [0.4, 0.5) is 0 Å². The van der Waals surface area contributed by atoms with E-state index in [1.165, 1.54) is 38.5 Å². The average Bonchev–Trinajstić information content (AvgIpc) is 2.84. The first-order valence-corrected chi connectivity index (χ1v) is 7.78. The van der Waals surface area contributed by atoms with Gasteiger partial charge in [-0.05, 0) is 57.0 Å². The highest BCUT2D eigenvalue weighted by molar-refractivity contribution is 5.76. The van der Waals surface area contributed by atoms with E-state index in [4.69, 9.17) is 0 Å². The first kappa shape index (κ1) is 13.9. The highest BCUT2D eigenvalue weighted by Crippen LogP contribution is 2.27. The quantitative estimate of drug-likeness (QED) is 0.789. The van der Waals surface area contributed by atoms with Crippen LogP contribution in [0.25, 0.3) is 0 Å². The van der Waals surface area contributed by atoms with Gasteiger partial charge in [-0.3, -0.25) is 4.79 Å². The van der Waals surface area contributed by atoms with Gasteiger partial charge in [-0.2, -0.15) is 0 Å². The lowest BCUT2D eigenvalue weighted by atomic mass is 9.83. The molecule has 2 rings (SSSR count). The third kappa shape index (κ3) is 4.27. The van der Waals surface area contributed by atoms with Crippen LogP contribution in [0.3, 0.4) is 0 Å². The molecule has 104 valence electrons. The highest BCUT2D eigenvalue weighted by Gasteiger charge is 2.23. The zero-order valence-electron chi connectivity index (χ0n) is 11.7. The third-order valence-electron chi connectivity index (χ3n) is 4.55. The molecule has 18 heavy (non-hydrogen) atoms. The average molecular weight is 252 g/mol. The Morgan fingerprint density at radius 3 is 2.56 bits per heavy atom. The Hall–Kier alpha value is -0.570. The van der Waals surface area contributed by atoms with Crippen LogP contribution in [0.2, 0.25) is 0 Å². The monoisotopic (exact) mass is 252 g/mol. The van der Waals surface area contributed by atoms with Gasteiger partial charge in [0, 0.05) is 12.5 Å². The van der Waals surface area contributed by atoms with Gasteiger partial charge >= 0.3 is 0 Å². The maximum absolute atomic E-state index is 11.9. The summed E-state index contributed by atoms with van der Waals surface area (Å²) in [6.45, 7) is 4.38. The van der Waals surface area contributed by atoms with E-state index in [2.05, 4.69) is 17.6 Å². The number of rotatable bonds is 5. The van der Waals surface area contributed by atoms with Crippen molar-refractivity contribution < 1.29 is 4.79 Å². The van der Waals surface area contributed by atoms with E-state index in [1.54, 1.807) is 0 Å². The fraction of sp³-hybridized carbons (Fsp3) is 0.933. The second kappa shape index (κ2) is 7.13. The molecule has 2 N–H and O–H groups in total. The van der Waals surface area contributed by atoms with E-state index in [0.29, 0.717) is 12.0 Å². The Kier molecular flexibility index (Phi) is 5.48. The molecule has 0 spiro atoms. The lowest BCUT2D eigenvalue weighted by Crippen LogP contribution is -2.38. The lowest BCUT2D eigenvalue weighted by Gasteiger charge is -2.29. The molecule has 3 nitrogen and oxygen atoms in total. The fourth-order valence-corrected chi connectivity index (χ4v) is 3.44. The van der Waals surface area contributed by atoms with Gasteiger partial charge in [0.1, 0.15) is 0 Å². The van der Waals surface area contributed by atoms with Crippen molar-refractivity contribution in [2.75, 3.05) is 13.1 Å². The molecule has 1 amide bonds. The molecule has 1 unspecified atom stereocenters. The SMILES string of the molecule is CCCC1CCC(NC(=O)CC2CCNC2)CC1. The van der Waals surface area contributed by atoms with Crippen molar-refractivity contribution in [1.29, 1.82) is 0 Å². The summed E-state index contributed by atoms with van der Waals surface area (Å²) in [7, 11) is 0. The molecule has 3 heteroatoms. The molecule has 0 radical (unpaired) electrons. The van der Waals surface area contributed by atoms with Gasteiger partial charge in [0.2, 0.25) is 5.91 Å². The van der Waals surface area contributed by atoms with Crippen LogP contribution in [-0.4, -0.2) is 25.0 Å². The van der Waals surface area contributed by atoms with Crippen molar-refractivity contribution in [3.63, 3.8) is 0 Å². The summed E-state index contributed by atoms with van der Waals surface area (Å²) in [6, 6.07) is 0.458.